The lowest BCUT2D eigenvalue weighted by atomic mass is 10.1. The van der Waals surface area contributed by atoms with E-state index in [0.717, 1.165) is 44.1 Å². The van der Waals surface area contributed by atoms with E-state index in [0.29, 0.717) is 50.5 Å². The van der Waals surface area contributed by atoms with Crippen LogP contribution in [-0.2, 0) is 20.8 Å². The van der Waals surface area contributed by atoms with Crippen LogP contribution >= 0.6 is 0 Å². The van der Waals surface area contributed by atoms with Gasteiger partial charge >= 0.3 is 0 Å². The summed E-state index contributed by atoms with van der Waals surface area (Å²) in [7, 11) is 0. The van der Waals surface area contributed by atoms with E-state index in [4.69, 9.17) is 14.2 Å². The summed E-state index contributed by atoms with van der Waals surface area (Å²) in [4.78, 5) is 0. The van der Waals surface area contributed by atoms with Gasteiger partial charge in [0.2, 0.25) is 0 Å². The van der Waals surface area contributed by atoms with Gasteiger partial charge in [-0.15, -0.1) is 0 Å². The molecule has 0 aliphatic heterocycles. The average Bonchev–Trinajstić information content (AvgIpc) is 3.18. The van der Waals surface area contributed by atoms with Crippen molar-refractivity contribution < 1.29 is 34.0 Å². The van der Waals surface area contributed by atoms with Crippen molar-refractivity contribution in [2.24, 2.45) is 0 Å². The predicted molar refractivity (Wildman–Crippen MR) is 237 cm³/mol. The Balaban J connectivity index is 2.73. The van der Waals surface area contributed by atoms with Crippen molar-refractivity contribution in [2.45, 2.75) is 219 Å². The first-order valence-corrected chi connectivity index (χ1v) is 24.1. The molecule has 0 radical (unpaired) electrons. The van der Waals surface area contributed by atoms with Gasteiger partial charge < -0.3 is 34.0 Å². The Kier molecular flexibility index (Phi) is 37.3. The van der Waals surface area contributed by atoms with Crippen molar-refractivity contribution in [3.8, 4) is 0 Å². The van der Waals surface area contributed by atoms with Gasteiger partial charge in [0.1, 0.15) is 44.5 Å². The summed E-state index contributed by atoms with van der Waals surface area (Å²) in [6.07, 6.45) is 32.0. The molecule has 7 heteroatoms. The maximum Gasteiger partial charge on any atom is 0.126 e. The molecule has 0 fully saturated rings. The second kappa shape index (κ2) is 39.4. The quantitative estimate of drug-likeness (QED) is 0.0450. The molecule has 0 aliphatic rings. The Labute approximate surface area is 347 Å². The Bertz CT molecular complexity index is 836. The zero-order valence-electron chi connectivity index (χ0n) is 37.3. The van der Waals surface area contributed by atoms with Crippen LogP contribution < -0.4 is 0 Å². The Morgan fingerprint density at radius 3 is 0.946 bits per heavy atom. The topological polar surface area (TPSA) is 88.4 Å². The third-order valence-corrected chi connectivity index (χ3v) is 11.3. The minimum atomic E-state index is -0.720. The fourth-order valence-electron chi connectivity index (χ4n) is 8.09. The van der Waals surface area contributed by atoms with Crippen molar-refractivity contribution in [2.75, 3.05) is 59.3 Å². The molecular weight excluding hydrogens is 699 g/mol. The lowest BCUT2D eigenvalue weighted by molar-refractivity contribution is -0.949. The molecule has 0 aromatic heterocycles. The largest absolute Gasteiger partial charge is 0.385 e. The number of aliphatic hydroxyl groups is 3. The number of hydrogen-bond donors (Lipinski definition) is 3. The predicted octanol–water partition coefficient (Wildman–Crippen LogP) is 11.7. The van der Waals surface area contributed by atoms with Gasteiger partial charge in [0, 0.05) is 25.4 Å². The number of ether oxygens (including phenoxy) is 3. The third-order valence-electron chi connectivity index (χ3n) is 11.3. The fourth-order valence-corrected chi connectivity index (χ4v) is 8.09. The summed E-state index contributed by atoms with van der Waals surface area (Å²) in [6.45, 7) is 11.2. The zero-order chi connectivity index (χ0) is 40.6. The SMILES string of the molecule is CCCCCCCCCCCOC[C@H](O)C[N+](Cc1ccccc1)(C[C@@H](O)COCCCCCCCCCCC)C[C@@H](O)COCCCCCCCCCCC. The molecule has 0 saturated heterocycles. The van der Waals surface area contributed by atoms with Crippen molar-refractivity contribution in [1.29, 1.82) is 0 Å². The van der Waals surface area contributed by atoms with Gasteiger partial charge in [-0.1, -0.05) is 205 Å². The van der Waals surface area contributed by atoms with E-state index in [1.807, 2.05) is 18.2 Å². The van der Waals surface area contributed by atoms with Crippen molar-refractivity contribution in [3.63, 3.8) is 0 Å². The molecule has 7 nitrogen and oxygen atoms in total. The molecular formula is C49H94NO6+. The summed E-state index contributed by atoms with van der Waals surface area (Å²) in [5, 5.41) is 34.3. The van der Waals surface area contributed by atoms with E-state index in [9.17, 15) is 15.3 Å². The number of aliphatic hydroxyl groups excluding tert-OH is 3. The summed E-state index contributed by atoms with van der Waals surface area (Å²) < 4.78 is 18.4. The molecule has 56 heavy (non-hydrogen) atoms. The van der Waals surface area contributed by atoms with E-state index in [2.05, 4.69) is 32.9 Å². The lowest BCUT2D eigenvalue weighted by Gasteiger charge is -2.42. The molecule has 0 spiro atoms. The highest BCUT2D eigenvalue weighted by atomic mass is 16.5. The van der Waals surface area contributed by atoms with Crippen molar-refractivity contribution in [3.05, 3.63) is 35.9 Å². The van der Waals surface area contributed by atoms with E-state index >= 15 is 0 Å². The highest BCUT2D eigenvalue weighted by molar-refractivity contribution is 5.13. The number of benzene rings is 1. The molecule has 0 unspecified atom stereocenters. The van der Waals surface area contributed by atoms with Crippen LogP contribution in [0.2, 0.25) is 0 Å². The van der Waals surface area contributed by atoms with E-state index < -0.39 is 18.3 Å². The smallest absolute Gasteiger partial charge is 0.126 e. The first-order chi connectivity index (χ1) is 27.4. The van der Waals surface area contributed by atoms with E-state index in [1.165, 1.54) is 135 Å². The fraction of sp³-hybridized carbons (Fsp3) is 0.878. The van der Waals surface area contributed by atoms with Crippen LogP contribution in [0.4, 0.5) is 0 Å². The normalized spacial score (nSPS) is 13.7. The molecule has 1 rings (SSSR count). The van der Waals surface area contributed by atoms with Crippen LogP contribution in [0.25, 0.3) is 0 Å². The molecule has 3 atom stereocenters. The molecule has 0 bridgehead atoms. The molecule has 0 amide bonds. The third kappa shape index (κ3) is 32.8. The maximum absolute atomic E-state index is 11.4. The highest BCUT2D eigenvalue weighted by Crippen LogP contribution is 2.20. The van der Waals surface area contributed by atoms with Gasteiger partial charge in [-0.3, -0.25) is 0 Å². The second-order valence-corrected chi connectivity index (χ2v) is 17.2. The van der Waals surface area contributed by atoms with Gasteiger partial charge in [-0.25, -0.2) is 0 Å². The second-order valence-electron chi connectivity index (χ2n) is 17.2. The van der Waals surface area contributed by atoms with Crippen molar-refractivity contribution >= 4 is 0 Å². The maximum atomic E-state index is 11.4. The average molecular weight is 793 g/mol. The summed E-state index contributed by atoms with van der Waals surface area (Å²) in [6, 6.07) is 10.3. The summed E-state index contributed by atoms with van der Waals surface area (Å²) >= 11 is 0. The van der Waals surface area contributed by atoms with Gasteiger partial charge in [0.15, 0.2) is 0 Å². The standard InChI is InChI=1S/C49H94NO6/c1-4-7-10-13-16-19-22-25-31-36-54-43-47(51)40-50(39-46-34-29-28-30-35-46,41-48(52)44-55-37-32-26-23-20-17-14-11-8-5-2)42-49(53)45-56-38-33-27-24-21-18-15-12-9-6-3/h28-30,34-35,47-49,51-53H,4-27,31-33,36-45H2,1-3H3/q+1/t47-,48-,49-/m1/s1. The van der Waals surface area contributed by atoms with Crippen LogP contribution in [0, 0.1) is 0 Å². The van der Waals surface area contributed by atoms with Gasteiger partial charge in [-0.05, 0) is 19.3 Å². The minimum absolute atomic E-state index is 0.252. The van der Waals surface area contributed by atoms with Gasteiger partial charge in [0.05, 0.1) is 19.8 Å². The molecule has 0 aliphatic carbocycles. The van der Waals surface area contributed by atoms with Gasteiger partial charge in [0.25, 0.3) is 0 Å². The monoisotopic (exact) mass is 793 g/mol. The number of unbranched alkanes of at least 4 members (excludes halogenated alkanes) is 24. The lowest BCUT2D eigenvalue weighted by Crippen LogP contribution is -2.59. The molecule has 0 heterocycles. The number of hydrogen-bond acceptors (Lipinski definition) is 6. The number of nitrogens with zero attached hydrogens (tertiary/aromatic N) is 1. The molecule has 330 valence electrons. The Hall–Kier alpha value is -1.06. The van der Waals surface area contributed by atoms with Crippen LogP contribution in [0.5, 0.6) is 0 Å². The molecule has 0 saturated carbocycles. The Morgan fingerprint density at radius 1 is 0.393 bits per heavy atom. The first-order valence-electron chi connectivity index (χ1n) is 24.1. The number of rotatable bonds is 44. The number of quaternary nitrogens is 1. The minimum Gasteiger partial charge on any atom is -0.385 e. The zero-order valence-corrected chi connectivity index (χ0v) is 37.3. The molecule has 1 aromatic carbocycles. The molecule has 3 N–H and O–H groups in total. The first kappa shape index (κ1) is 53.0. The van der Waals surface area contributed by atoms with Crippen LogP contribution in [-0.4, -0.2) is 97.4 Å². The van der Waals surface area contributed by atoms with Crippen LogP contribution in [0.15, 0.2) is 30.3 Å². The summed E-state index contributed by atoms with van der Waals surface area (Å²) in [5.74, 6) is 0. The Morgan fingerprint density at radius 2 is 0.661 bits per heavy atom. The van der Waals surface area contributed by atoms with Crippen molar-refractivity contribution in [1.82, 2.24) is 0 Å². The highest BCUT2D eigenvalue weighted by Gasteiger charge is 2.36. The van der Waals surface area contributed by atoms with Crippen LogP contribution in [0.1, 0.15) is 200 Å². The van der Waals surface area contributed by atoms with E-state index in [-0.39, 0.29) is 19.8 Å². The molecule has 1 aromatic rings. The van der Waals surface area contributed by atoms with Crippen LogP contribution in [0.3, 0.4) is 0 Å². The van der Waals surface area contributed by atoms with E-state index in [1.54, 1.807) is 0 Å². The summed E-state index contributed by atoms with van der Waals surface area (Å²) in [5.41, 5.74) is 1.11. The van der Waals surface area contributed by atoms with Gasteiger partial charge in [-0.2, -0.15) is 0 Å².